The number of fused-ring (bicyclic) bond motifs is 2. The van der Waals surface area contributed by atoms with Crippen LogP contribution in [0.2, 0.25) is 0 Å². The first-order valence-electron chi connectivity index (χ1n) is 10.0. The zero-order valence-electron chi connectivity index (χ0n) is 15.9. The molecule has 2 aromatic rings. The van der Waals surface area contributed by atoms with E-state index in [4.69, 9.17) is 9.47 Å². The van der Waals surface area contributed by atoms with Gasteiger partial charge in [0.1, 0.15) is 13.2 Å². The van der Waals surface area contributed by atoms with E-state index in [1.54, 1.807) is 0 Å². The minimum Gasteiger partial charge on any atom is -0.486 e. The van der Waals surface area contributed by atoms with Crippen LogP contribution in [-0.2, 0) is 24.2 Å². The van der Waals surface area contributed by atoms with E-state index < -0.39 is 0 Å². The zero-order chi connectivity index (χ0) is 18.9. The van der Waals surface area contributed by atoms with Crippen molar-refractivity contribution >= 4 is 11.7 Å². The molecule has 0 aliphatic carbocycles. The second-order valence-electron chi connectivity index (χ2n) is 7.59. The summed E-state index contributed by atoms with van der Waals surface area (Å²) in [6, 6.07) is 7.87. The zero-order valence-corrected chi connectivity index (χ0v) is 15.9. The summed E-state index contributed by atoms with van der Waals surface area (Å²) >= 11 is 0. The van der Waals surface area contributed by atoms with Gasteiger partial charge in [0.25, 0.3) is 0 Å². The van der Waals surface area contributed by atoms with Crippen molar-refractivity contribution in [3.8, 4) is 11.5 Å². The van der Waals surface area contributed by atoms with Crippen LogP contribution in [0.4, 0.5) is 5.82 Å². The quantitative estimate of drug-likeness (QED) is 0.811. The Morgan fingerprint density at radius 2 is 1.82 bits per heavy atom. The maximum absolute atomic E-state index is 12.9. The first-order valence-corrected chi connectivity index (χ1v) is 10.0. The topological polar surface area (TPSA) is 67.8 Å². The third-order valence-corrected chi connectivity index (χ3v) is 5.67. The highest BCUT2D eigenvalue weighted by atomic mass is 16.6. The Balaban J connectivity index is 1.28. The van der Waals surface area contributed by atoms with Crippen LogP contribution in [0.25, 0.3) is 0 Å². The van der Waals surface area contributed by atoms with E-state index in [-0.39, 0.29) is 5.91 Å². The average Bonchev–Trinajstić information content (AvgIpc) is 3.28. The van der Waals surface area contributed by atoms with E-state index in [1.807, 2.05) is 23.1 Å². The Morgan fingerprint density at radius 3 is 2.68 bits per heavy atom. The van der Waals surface area contributed by atoms with Gasteiger partial charge in [-0.05, 0) is 42.2 Å². The molecule has 0 bridgehead atoms. The van der Waals surface area contributed by atoms with E-state index in [0.29, 0.717) is 32.7 Å². The SMILES string of the molecule is O=C(Cc1ccc2c(c1)OCCO2)N1CCc2nnc(N3CCCC3)cc2C1. The standard InChI is InChI=1S/C21H24N4O3/c26-21(12-15-3-4-18-19(11-15)28-10-9-27-18)25-8-5-17-16(14-25)13-20(23-22-17)24-6-1-2-7-24/h3-4,11,13H,1-2,5-10,12,14H2. The van der Waals surface area contributed by atoms with Crippen molar-refractivity contribution in [3.63, 3.8) is 0 Å². The minimum atomic E-state index is 0.127. The molecule has 1 saturated heterocycles. The molecule has 3 aliphatic rings. The molecule has 1 aromatic carbocycles. The van der Waals surface area contributed by atoms with Crippen LogP contribution >= 0.6 is 0 Å². The molecule has 1 fully saturated rings. The third-order valence-electron chi connectivity index (χ3n) is 5.67. The van der Waals surface area contributed by atoms with Crippen molar-refractivity contribution in [1.82, 2.24) is 15.1 Å². The Kier molecular flexibility index (Phi) is 4.50. The third kappa shape index (κ3) is 3.37. The molecule has 0 spiro atoms. The van der Waals surface area contributed by atoms with Crippen molar-refractivity contribution in [2.24, 2.45) is 0 Å². The van der Waals surface area contributed by atoms with E-state index >= 15 is 0 Å². The number of hydrogen-bond acceptors (Lipinski definition) is 6. The fourth-order valence-corrected chi connectivity index (χ4v) is 4.11. The van der Waals surface area contributed by atoms with Gasteiger partial charge in [0, 0.05) is 32.6 Å². The molecule has 5 rings (SSSR count). The second kappa shape index (κ2) is 7.30. The number of carbonyl (C=O) groups is 1. The highest BCUT2D eigenvalue weighted by molar-refractivity contribution is 5.79. The molecule has 0 unspecified atom stereocenters. The first-order chi connectivity index (χ1) is 13.8. The lowest BCUT2D eigenvalue weighted by Gasteiger charge is -2.29. The summed E-state index contributed by atoms with van der Waals surface area (Å²) in [5.74, 6) is 2.55. The second-order valence-corrected chi connectivity index (χ2v) is 7.59. The number of ether oxygens (including phenoxy) is 2. The summed E-state index contributed by atoms with van der Waals surface area (Å²) in [6.07, 6.45) is 3.54. The maximum Gasteiger partial charge on any atom is 0.227 e. The Morgan fingerprint density at radius 1 is 1.00 bits per heavy atom. The summed E-state index contributed by atoms with van der Waals surface area (Å²) in [6.45, 7) is 4.50. The van der Waals surface area contributed by atoms with Crippen LogP contribution in [0.1, 0.15) is 29.7 Å². The molecule has 4 heterocycles. The van der Waals surface area contributed by atoms with Crippen LogP contribution in [0, 0.1) is 0 Å². The molecule has 0 saturated carbocycles. The molecule has 0 N–H and O–H groups in total. The van der Waals surface area contributed by atoms with Crippen molar-refractivity contribution < 1.29 is 14.3 Å². The molecule has 28 heavy (non-hydrogen) atoms. The van der Waals surface area contributed by atoms with Gasteiger partial charge >= 0.3 is 0 Å². The summed E-state index contributed by atoms with van der Waals surface area (Å²) in [5, 5.41) is 8.83. The van der Waals surface area contributed by atoms with Crippen LogP contribution in [0.3, 0.4) is 0 Å². The highest BCUT2D eigenvalue weighted by Crippen LogP contribution is 2.31. The van der Waals surface area contributed by atoms with Gasteiger partial charge in [0.15, 0.2) is 17.3 Å². The summed E-state index contributed by atoms with van der Waals surface area (Å²) in [5.41, 5.74) is 3.09. The average molecular weight is 380 g/mol. The Labute approximate surface area is 164 Å². The van der Waals surface area contributed by atoms with E-state index in [1.165, 1.54) is 12.8 Å². The van der Waals surface area contributed by atoms with Gasteiger partial charge in [-0.15, -0.1) is 5.10 Å². The van der Waals surface area contributed by atoms with Crippen molar-refractivity contribution in [2.75, 3.05) is 37.7 Å². The number of hydrogen-bond donors (Lipinski definition) is 0. The van der Waals surface area contributed by atoms with E-state index in [2.05, 4.69) is 21.2 Å². The lowest BCUT2D eigenvalue weighted by molar-refractivity contribution is -0.131. The molecule has 1 aromatic heterocycles. The van der Waals surface area contributed by atoms with Gasteiger partial charge in [-0.2, -0.15) is 5.10 Å². The maximum atomic E-state index is 12.9. The number of rotatable bonds is 3. The molecule has 146 valence electrons. The van der Waals surface area contributed by atoms with Gasteiger partial charge in [0.2, 0.25) is 5.91 Å². The molecule has 1 amide bonds. The molecule has 7 heteroatoms. The van der Waals surface area contributed by atoms with Crippen LogP contribution in [0.5, 0.6) is 11.5 Å². The number of aromatic nitrogens is 2. The fourth-order valence-electron chi connectivity index (χ4n) is 4.11. The number of nitrogens with zero attached hydrogens (tertiary/aromatic N) is 4. The van der Waals surface area contributed by atoms with Gasteiger partial charge < -0.3 is 19.3 Å². The van der Waals surface area contributed by atoms with Crippen LogP contribution < -0.4 is 14.4 Å². The van der Waals surface area contributed by atoms with Gasteiger partial charge in [-0.3, -0.25) is 4.79 Å². The molecule has 7 nitrogen and oxygen atoms in total. The van der Waals surface area contributed by atoms with Crippen LogP contribution in [-0.4, -0.2) is 53.9 Å². The fraction of sp³-hybridized carbons (Fsp3) is 0.476. The number of carbonyl (C=O) groups excluding carboxylic acids is 1. The number of benzene rings is 1. The smallest absolute Gasteiger partial charge is 0.227 e. The van der Waals surface area contributed by atoms with Crippen molar-refractivity contribution in [3.05, 3.63) is 41.1 Å². The normalized spacial score (nSPS) is 18.1. The predicted octanol–water partition coefficient (Wildman–Crippen LogP) is 1.98. The van der Waals surface area contributed by atoms with Gasteiger partial charge in [-0.1, -0.05) is 6.07 Å². The molecule has 3 aliphatic heterocycles. The van der Waals surface area contributed by atoms with Gasteiger partial charge in [-0.25, -0.2) is 0 Å². The predicted molar refractivity (Wildman–Crippen MR) is 104 cm³/mol. The van der Waals surface area contributed by atoms with Crippen molar-refractivity contribution in [1.29, 1.82) is 0 Å². The minimum absolute atomic E-state index is 0.127. The molecular formula is C21H24N4O3. The highest BCUT2D eigenvalue weighted by Gasteiger charge is 2.24. The molecule has 0 radical (unpaired) electrons. The molecule has 0 atom stereocenters. The summed E-state index contributed by atoms with van der Waals surface area (Å²) in [4.78, 5) is 17.1. The first kappa shape index (κ1) is 17.3. The summed E-state index contributed by atoms with van der Waals surface area (Å²) in [7, 11) is 0. The lowest BCUT2D eigenvalue weighted by atomic mass is 10.0. The monoisotopic (exact) mass is 380 g/mol. The van der Waals surface area contributed by atoms with Gasteiger partial charge in [0.05, 0.1) is 12.1 Å². The van der Waals surface area contributed by atoms with E-state index in [9.17, 15) is 4.79 Å². The van der Waals surface area contributed by atoms with Crippen LogP contribution in [0.15, 0.2) is 24.3 Å². The lowest BCUT2D eigenvalue weighted by Crippen LogP contribution is -2.37. The molecular weight excluding hydrogens is 356 g/mol. The Bertz CT molecular complexity index is 895. The van der Waals surface area contributed by atoms with E-state index in [0.717, 1.165) is 53.6 Å². The number of amides is 1. The summed E-state index contributed by atoms with van der Waals surface area (Å²) < 4.78 is 11.2. The Hall–Kier alpha value is -2.83. The number of anilines is 1. The largest absolute Gasteiger partial charge is 0.486 e. The van der Waals surface area contributed by atoms with Crippen molar-refractivity contribution in [2.45, 2.75) is 32.2 Å².